The normalized spacial score (nSPS) is 14.7. The lowest BCUT2D eigenvalue weighted by molar-refractivity contribution is 0.591. The lowest BCUT2D eigenvalue weighted by Gasteiger charge is -2.09. The van der Waals surface area contributed by atoms with Crippen molar-refractivity contribution in [1.82, 2.24) is 5.32 Å². The van der Waals surface area contributed by atoms with Crippen molar-refractivity contribution in [2.24, 2.45) is 0 Å². The van der Waals surface area contributed by atoms with E-state index in [1.54, 1.807) is 0 Å². The van der Waals surface area contributed by atoms with Crippen molar-refractivity contribution < 1.29 is 4.21 Å². The summed E-state index contributed by atoms with van der Waals surface area (Å²) in [7, 11) is 1.20. The molecule has 0 aliphatic carbocycles. The Bertz CT molecular complexity index is 352. The van der Waals surface area contributed by atoms with E-state index in [9.17, 15) is 4.21 Å². The van der Waals surface area contributed by atoms with Gasteiger partial charge in [-0.15, -0.1) is 0 Å². The van der Waals surface area contributed by atoms with E-state index in [0.717, 1.165) is 12.2 Å². The van der Waals surface area contributed by atoms with Crippen molar-refractivity contribution in [3.05, 3.63) is 35.4 Å². The van der Waals surface area contributed by atoms with Gasteiger partial charge in [-0.25, -0.2) is 0 Å². The molecule has 2 nitrogen and oxygen atoms in total. The van der Waals surface area contributed by atoms with Gasteiger partial charge in [-0.05, 0) is 32.9 Å². The molecule has 0 spiro atoms. The molecule has 2 unspecified atom stereocenters. The minimum atomic E-state index is -0.741. The fourth-order valence-electron chi connectivity index (χ4n) is 1.51. The molecule has 0 aliphatic heterocycles. The van der Waals surface area contributed by atoms with Crippen LogP contribution in [0.4, 0.5) is 0 Å². The number of hydrogen-bond acceptors (Lipinski definition) is 2. The van der Waals surface area contributed by atoms with Crippen molar-refractivity contribution in [2.75, 3.05) is 12.8 Å². The Morgan fingerprint density at radius 2 is 2.19 bits per heavy atom. The van der Waals surface area contributed by atoms with Gasteiger partial charge in [-0.2, -0.15) is 0 Å². The minimum absolute atomic E-state index is 0.446. The predicted molar refractivity (Wildman–Crippen MR) is 71.0 cm³/mol. The molecular weight excluding hydrogens is 218 g/mol. The van der Waals surface area contributed by atoms with E-state index in [2.05, 4.69) is 31.3 Å². The Morgan fingerprint density at radius 3 is 2.81 bits per heavy atom. The highest BCUT2D eigenvalue weighted by molar-refractivity contribution is 7.84. The monoisotopic (exact) mass is 239 g/mol. The summed E-state index contributed by atoms with van der Waals surface area (Å²) >= 11 is 0. The lowest BCUT2D eigenvalue weighted by atomic mass is 10.2. The van der Waals surface area contributed by atoms with Crippen molar-refractivity contribution in [2.45, 2.75) is 32.1 Å². The second-order valence-electron chi connectivity index (χ2n) is 4.26. The largest absolute Gasteiger partial charge is 0.317 e. The molecule has 1 aromatic carbocycles. The lowest BCUT2D eigenvalue weighted by Crippen LogP contribution is -2.23. The van der Waals surface area contributed by atoms with Crippen LogP contribution in [0.1, 0.15) is 24.5 Å². The summed E-state index contributed by atoms with van der Waals surface area (Å²) in [6.07, 6.45) is 0.967. The van der Waals surface area contributed by atoms with E-state index in [1.807, 2.05) is 19.2 Å². The molecular formula is C13H21NOS. The zero-order valence-electron chi connectivity index (χ0n) is 10.3. The smallest absolute Gasteiger partial charge is 0.0485 e. The zero-order chi connectivity index (χ0) is 12.0. The Balaban J connectivity index is 2.40. The maximum absolute atomic E-state index is 11.8. The molecule has 1 aromatic rings. The summed E-state index contributed by atoms with van der Waals surface area (Å²) in [4.78, 5) is 0. The SMILES string of the molecule is CNC(C)CCS(=O)Cc1cccc(C)c1. The van der Waals surface area contributed by atoms with Gasteiger partial charge < -0.3 is 5.32 Å². The molecule has 0 bridgehead atoms. The Hall–Kier alpha value is -0.670. The van der Waals surface area contributed by atoms with Crippen LogP contribution in [0.25, 0.3) is 0 Å². The average Bonchev–Trinajstić information content (AvgIpc) is 2.26. The van der Waals surface area contributed by atoms with Crippen LogP contribution in [0.2, 0.25) is 0 Å². The van der Waals surface area contributed by atoms with E-state index < -0.39 is 10.8 Å². The number of hydrogen-bond donors (Lipinski definition) is 1. The third-order valence-electron chi connectivity index (χ3n) is 2.68. The van der Waals surface area contributed by atoms with E-state index in [0.29, 0.717) is 11.8 Å². The topological polar surface area (TPSA) is 29.1 Å². The van der Waals surface area contributed by atoms with Gasteiger partial charge in [-0.3, -0.25) is 4.21 Å². The van der Waals surface area contributed by atoms with Crippen LogP contribution in [0.5, 0.6) is 0 Å². The van der Waals surface area contributed by atoms with Crippen LogP contribution < -0.4 is 5.32 Å². The summed E-state index contributed by atoms with van der Waals surface area (Å²) in [5.41, 5.74) is 2.41. The second kappa shape index (κ2) is 6.81. The van der Waals surface area contributed by atoms with E-state index >= 15 is 0 Å². The standard InChI is InChI=1S/C13H21NOS/c1-11-5-4-6-13(9-11)10-16(15)8-7-12(2)14-3/h4-6,9,12,14H,7-8,10H2,1-3H3. The summed E-state index contributed by atoms with van der Waals surface area (Å²) < 4.78 is 11.8. The number of rotatable bonds is 6. The fourth-order valence-corrected chi connectivity index (χ4v) is 2.82. The first-order chi connectivity index (χ1) is 7.61. The Morgan fingerprint density at radius 1 is 1.44 bits per heavy atom. The van der Waals surface area contributed by atoms with Gasteiger partial charge in [0.15, 0.2) is 0 Å². The second-order valence-corrected chi connectivity index (χ2v) is 5.83. The van der Waals surface area contributed by atoms with Crippen LogP contribution in [-0.2, 0) is 16.6 Å². The molecule has 0 saturated heterocycles. The molecule has 1 N–H and O–H groups in total. The quantitative estimate of drug-likeness (QED) is 0.825. The first-order valence-corrected chi connectivity index (χ1v) is 7.18. The summed E-state index contributed by atoms with van der Waals surface area (Å²) in [6.45, 7) is 4.18. The maximum atomic E-state index is 11.8. The van der Waals surface area contributed by atoms with E-state index in [4.69, 9.17) is 0 Å². The van der Waals surface area contributed by atoms with E-state index in [-0.39, 0.29) is 0 Å². The van der Waals surface area contributed by atoms with Crippen LogP contribution in [0, 0.1) is 6.92 Å². The van der Waals surface area contributed by atoms with Gasteiger partial charge in [0.1, 0.15) is 0 Å². The summed E-state index contributed by atoms with van der Waals surface area (Å²) in [5, 5.41) is 3.16. The van der Waals surface area contributed by atoms with Gasteiger partial charge in [0, 0.05) is 28.3 Å². The fraction of sp³-hybridized carbons (Fsp3) is 0.538. The zero-order valence-corrected chi connectivity index (χ0v) is 11.1. The average molecular weight is 239 g/mol. The van der Waals surface area contributed by atoms with Crippen molar-refractivity contribution in [3.63, 3.8) is 0 Å². The molecule has 0 fully saturated rings. The van der Waals surface area contributed by atoms with Crippen LogP contribution in [0.3, 0.4) is 0 Å². The molecule has 0 saturated carbocycles. The highest BCUT2D eigenvalue weighted by atomic mass is 32.2. The number of nitrogens with one attached hydrogen (secondary N) is 1. The molecule has 16 heavy (non-hydrogen) atoms. The van der Waals surface area contributed by atoms with Gasteiger partial charge in [0.05, 0.1) is 0 Å². The van der Waals surface area contributed by atoms with Gasteiger partial charge in [0.2, 0.25) is 0 Å². The molecule has 0 radical (unpaired) electrons. The number of benzene rings is 1. The van der Waals surface area contributed by atoms with Crippen molar-refractivity contribution in [3.8, 4) is 0 Å². The summed E-state index contributed by atoms with van der Waals surface area (Å²) in [5.74, 6) is 1.45. The first-order valence-electron chi connectivity index (χ1n) is 5.69. The highest BCUT2D eigenvalue weighted by Gasteiger charge is 2.04. The Labute approximate surface area is 101 Å². The highest BCUT2D eigenvalue weighted by Crippen LogP contribution is 2.07. The molecule has 0 heterocycles. The first kappa shape index (κ1) is 13.4. The van der Waals surface area contributed by atoms with Crippen LogP contribution in [0.15, 0.2) is 24.3 Å². The van der Waals surface area contributed by atoms with Crippen LogP contribution >= 0.6 is 0 Å². The third-order valence-corrected chi connectivity index (χ3v) is 4.03. The van der Waals surface area contributed by atoms with Gasteiger partial charge >= 0.3 is 0 Å². The Kier molecular flexibility index (Phi) is 5.71. The van der Waals surface area contributed by atoms with E-state index in [1.165, 1.54) is 11.1 Å². The van der Waals surface area contributed by atoms with Crippen molar-refractivity contribution in [1.29, 1.82) is 0 Å². The molecule has 90 valence electrons. The molecule has 1 rings (SSSR count). The van der Waals surface area contributed by atoms with Gasteiger partial charge in [0.25, 0.3) is 0 Å². The minimum Gasteiger partial charge on any atom is -0.317 e. The molecule has 3 heteroatoms. The van der Waals surface area contributed by atoms with Crippen LogP contribution in [-0.4, -0.2) is 23.1 Å². The predicted octanol–water partition coefficient (Wildman–Crippen LogP) is 2.24. The maximum Gasteiger partial charge on any atom is 0.0485 e. The third kappa shape index (κ3) is 4.90. The molecule has 2 atom stereocenters. The van der Waals surface area contributed by atoms with Crippen molar-refractivity contribution >= 4 is 10.8 Å². The molecule has 0 aliphatic rings. The number of aryl methyl sites for hydroxylation is 1. The summed E-state index contributed by atoms with van der Waals surface area (Å²) in [6, 6.07) is 8.70. The molecule has 0 amide bonds. The van der Waals surface area contributed by atoms with Gasteiger partial charge in [-0.1, -0.05) is 29.8 Å². The molecule has 0 aromatic heterocycles.